The van der Waals surface area contributed by atoms with E-state index in [1.54, 1.807) is 42.2 Å². The molecule has 2 aromatic heterocycles. The van der Waals surface area contributed by atoms with E-state index in [2.05, 4.69) is 31.2 Å². The van der Waals surface area contributed by atoms with Crippen molar-refractivity contribution in [2.45, 2.75) is 64.1 Å². The van der Waals surface area contributed by atoms with Crippen LogP contribution in [0.15, 0.2) is 47.3 Å². The molecule has 4 aromatic rings. The van der Waals surface area contributed by atoms with E-state index in [1.807, 2.05) is 0 Å². The van der Waals surface area contributed by atoms with Crippen LogP contribution in [0.1, 0.15) is 62.4 Å². The Kier molecular flexibility index (Phi) is 6.32. The van der Waals surface area contributed by atoms with Crippen LogP contribution in [0, 0.1) is 17.6 Å². The predicted octanol–water partition coefficient (Wildman–Crippen LogP) is 6.86. The van der Waals surface area contributed by atoms with E-state index in [4.69, 9.17) is 4.74 Å². The number of hydrogen-bond donors (Lipinski definition) is 1. The smallest absolute Gasteiger partial charge is 0.413 e. The minimum absolute atomic E-state index is 0.0413. The predicted molar refractivity (Wildman–Crippen MR) is 149 cm³/mol. The van der Waals surface area contributed by atoms with Crippen LogP contribution in [-0.4, -0.2) is 42.4 Å². The van der Waals surface area contributed by atoms with Gasteiger partial charge in [-0.05, 0) is 70.6 Å². The van der Waals surface area contributed by atoms with Crippen molar-refractivity contribution >= 4 is 50.3 Å². The molecule has 3 saturated carbocycles. The summed E-state index contributed by atoms with van der Waals surface area (Å²) in [5, 5.41) is 2.61. The molecule has 7 rings (SSSR count). The summed E-state index contributed by atoms with van der Waals surface area (Å²) in [5.41, 5.74) is 0.234. The number of amides is 2. The number of rotatable bonds is 5. The summed E-state index contributed by atoms with van der Waals surface area (Å²) in [5.74, 6) is -0.983. The Morgan fingerprint density at radius 2 is 1.95 bits per heavy atom. The molecule has 2 aromatic carbocycles. The van der Waals surface area contributed by atoms with Crippen molar-refractivity contribution in [3.05, 3.63) is 70.1 Å². The number of ether oxygens (including phenoxy) is 1. The van der Waals surface area contributed by atoms with Gasteiger partial charge in [0, 0.05) is 28.2 Å². The van der Waals surface area contributed by atoms with E-state index < -0.39 is 34.8 Å². The second-order valence-electron chi connectivity index (χ2n) is 11.7. The average molecular weight is 612 g/mol. The van der Waals surface area contributed by atoms with Crippen molar-refractivity contribution in [2.24, 2.45) is 5.92 Å². The second-order valence-corrected chi connectivity index (χ2v) is 12.6. The maximum Gasteiger partial charge on any atom is 0.413 e. The molecule has 0 radical (unpaired) electrons. The molecule has 11 heteroatoms. The van der Waals surface area contributed by atoms with Crippen LogP contribution >= 0.6 is 15.9 Å². The Labute approximate surface area is 237 Å². The second kappa shape index (κ2) is 9.50. The van der Waals surface area contributed by atoms with Crippen LogP contribution in [0.4, 0.5) is 19.4 Å². The van der Waals surface area contributed by atoms with Crippen LogP contribution in [0.5, 0.6) is 0 Å². The van der Waals surface area contributed by atoms with Gasteiger partial charge in [-0.25, -0.2) is 23.5 Å². The van der Waals surface area contributed by atoms with Gasteiger partial charge in [-0.15, -0.1) is 0 Å². The lowest BCUT2D eigenvalue weighted by atomic mass is 9.75. The first-order valence-corrected chi connectivity index (χ1v) is 13.9. The molecule has 40 heavy (non-hydrogen) atoms. The number of halogens is 3. The molecule has 0 saturated heterocycles. The molecular weight excluding hydrogens is 584 g/mol. The molecule has 0 aliphatic heterocycles. The van der Waals surface area contributed by atoms with Crippen molar-refractivity contribution < 1.29 is 23.1 Å². The summed E-state index contributed by atoms with van der Waals surface area (Å²) in [6.45, 7) is 5.27. The summed E-state index contributed by atoms with van der Waals surface area (Å²) in [6, 6.07) is 7.39. The van der Waals surface area contributed by atoms with Crippen LogP contribution in [0.25, 0.3) is 16.6 Å². The van der Waals surface area contributed by atoms with Gasteiger partial charge in [0.1, 0.15) is 22.8 Å². The molecule has 0 spiro atoms. The zero-order chi connectivity index (χ0) is 28.4. The lowest BCUT2D eigenvalue weighted by Gasteiger charge is -2.48. The van der Waals surface area contributed by atoms with Crippen LogP contribution in [0.2, 0.25) is 0 Å². The zero-order valence-corrected chi connectivity index (χ0v) is 23.9. The molecule has 2 bridgehead atoms. The van der Waals surface area contributed by atoms with Crippen LogP contribution < -0.4 is 5.32 Å². The lowest BCUT2D eigenvalue weighted by molar-refractivity contribution is 0.0166. The summed E-state index contributed by atoms with van der Waals surface area (Å²) in [4.78, 5) is 36.8. The third kappa shape index (κ3) is 4.70. The van der Waals surface area contributed by atoms with Crippen molar-refractivity contribution in [3.63, 3.8) is 0 Å². The van der Waals surface area contributed by atoms with Gasteiger partial charge in [-0.2, -0.15) is 0 Å². The van der Waals surface area contributed by atoms with E-state index in [0.717, 1.165) is 25.7 Å². The number of nitrogens with one attached hydrogen (secondary N) is 1. The molecule has 3 aliphatic rings. The molecular formula is C29H28BrF2N5O3. The topological polar surface area (TPSA) is 88.8 Å². The lowest BCUT2D eigenvalue weighted by Crippen LogP contribution is -2.54. The summed E-state index contributed by atoms with van der Waals surface area (Å²) in [7, 11) is 0. The van der Waals surface area contributed by atoms with Gasteiger partial charge < -0.3 is 9.64 Å². The minimum Gasteiger partial charge on any atom is -0.444 e. The standard InChI is InChI=1S/C29H28BrF2N5O3/c1-28(2,3)40-27(39)35-25-24-13-33-15-36(24)23-9-19(21(32)10-22(23)34-25)26(38)37(29-7-6-16(11-29)12-29)14-17-4-5-18(30)8-20(17)31/h4-5,8-10,13,15-16H,6-7,11-12,14H2,1-3H3,(H,34,35,39). The number of hydrogen-bond acceptors (Lipinski definition) is 5. The Morgan fingerprint density at radius 3 is 2.62 bits per heavy atom. The molecule has 8 nitrogen and oxygen atoms in total. The van der Waals surface area contributed by atoms with Gasteiger partial charge in [0.2, 0.25) is 0 Å². The number of nitrogens with zero attached hydrogens (tertiary/aromatic N) is 4. The van der Waals surface area contributed by atoms with Gasteiger partial charge in [0.25, 0.3) is 5.91 Å². The van der Waals surface area contributed by atoms with Crippen molar-refractivity contribution in [3.8, 4) is 0 Å². The first-order valence-electron chi connectivity index (χ1n) is 13.1. The van der Waals surface area contributed by atoms with Gasteiger partial charge >= 0.3 is 6.09 Å². The monoisotopic (exact) mass is 611 g/mol. The fraction of sp³-hybridized carbons (Fsp3) is 0.379. The number of carbonyl (C=O) groups is 2. The van der Waals surface area contributed by atoms with Crippen molar-refractivity contribution in [1.82, 2.24) is 19.3 Å². The van der Waals surface area contributed by atoms with E-state index in [9.17, 15) is 14.0 Å². The number of aromatic nitrogens is 3. The summed E-state index contributed by atoms with van der Waals surface area (Å²) < 4.78 is 38.1. The highest BCUT2D eigenvalue weighted by Gasteiger charge is 2.55. The third-order valence-corrected chi connectivity index (χ3v) is 8.30. The highest BCUT2D eigenvalue weighted by Crippen LogP contribution is 2.56. The van der Waals surface area contributed by atoms with E-state index in [1.165, 1.54) is 30.7 Å². The highest BCUT2D eigenvalue weighted by atomic mass is 79.9. The molecule has 0 atom stereocenters. The molecule has 208 valence electrons. The Bertz CT molecular complexity index is 1670. The van der Waals surface area contributed by atoms with E-state index in [0.29, 0.717) is 27.0 Å². The number of carbonyl (C=O) groups excluding carboxylic acids is 2. The zero-order valence-electron chi connectivity index (χ0n) is 22.3. The summed E-state index contributed by atoms with van der Waals surface area (Å²) >= 11 is 3.28. The molecule has 3 aliphatic carbocycles. The number of fused-ring (bicyclic) bond motifs is 4. The van der Waals surface area contributed by atoms with Gasteiger partial charge in [0.05, 0.1) is 29.1 Å². The quantitative estimate of drug-likeness (QED) is 0.266. The first kappa shape index (κ1) is 26.6. The largest absolute Gasteiger partial charge is 0.444 e. The highest BCUT2D eigenvalue weighted by molar-refractivity contribution is 9.10. The average Bonchev–Trinajstić information content (AvgIpc) is 3.58. The van der Waals surface area contributed by atoms with Crippen LogP contribution in [-0.2, 0) is 11.3 Å². The Morgan fingerprint density at radius 1 is 1.18 bits per heavy atom. The first-order chi connectivity index (χ1) is 18.9. The number of anilines is 1. The molecule has 1 N–H and O–H groups in total. The normalized spacial score (nSPS) is 20.0. The van der Waals surface area contributed by atoms with Gasteiger partial charge in [0.15, 0.2) is 5.82 Å². The number of benzene rings is 2. The van der Waals surface area contributed by atoms with Crippen molar-refractivity contribution in [2.75, 3.05) is 5.32 Å². The van der Waals surface area contributed by atoms with E-state index >= 15 is 4.39 Å². The fourth-order valence-electron chi connectivity index (χ4n) is 6.00. The van der Waals surface area contributed by atoms with Gasteiger partial charge in [-0.3, -0.25) is 14.5 Å². The molecule has 2 amide bonds. The third-order valence-electron chi connectivity index (χ3n) is 7.80. The Balaban J connectivity index is 1.40. The molecule has 0 unspecified atom stereocenters. The number of imidazole rings is 1. The van der Waals surface area contributed by atoms with Gasteiger partial charge in [-0.1, -0.05) is 22.0 Å². The molecule has 3 fully saturated rings. The maximum absolute atomic E-state index is 15.7. The maximum atomic E-state index is 15.7. The Hall–Kier alpha value is -3.60. The fourth-order valence-corrected chi connectivity index (χ4v) is 6.33. The minimum atomic E-state index is -0.751. The van der Waals surface area contributed by atoms with E-state index in [-0.39, 0.29) is 23.4 Å². The SMILES string of the molecule is CC(C)(C)OC(=O)Nc1nc2cc(F)c(C(=O)N(Cc3ccc(Br)cc3F)C34CCC(C3)C4)cc2n2cncc12. The molecule has 2 heterocycles. The van der Waals surface area contributed by atoms with Crippen LogP contribution in [0.3, 0.4) is 0 Å². The van der Waals surface area contributed by atoms with Crippen molar-refractivity contribution in [1.29, 1.82) is 0 Å². The summed E-state index contributed by atoms with van der Waals surface area (Å²) in [6.07, 6.45) is 5.79.